The largest absolute Gasteiger partial charge is 0.309 e. The fourth-order valence-electron chi connectivity index (χ4n) is 7.10. The van der Waals surface area contributed by atoms with Gasteiger partial charge in [-0.05, 0) is 78.8 Å². The molecule has 1 heterocycles. The van der Waals surface area contributed by atoms with Crippen molar-refractivity contribution in [1.82, 2.24) is 4.57 Å². The lowest BCUT2D eigenvalue weighted by Crippen LogP contribution is -2.55. The van der Waals surface area contributed by atoms with Gasteiger partial charge >= 0.3 is 0 Å². The molecule has 2 heteroatoms. The van der Waals surface area contributed by atoms with Crippen molar-refractivity contribution in [2.45, 2.75) is 138 Å². The first kappa shape index (κ1) is 35.2. The molecule has 0 aliphatic carbocycles. The SMILES string of the molecule is CC(C)c1c([Si](C)(C)c2cc(C(C)(C)C)cc(C(C)(C)C)c2)ccc2c3ccccc3n(-c3cc(C(C)(C)C)cc(C(C)(C)C)c3)c12. The fraction of sp³-hybridized carbons (Fsp3) is 0.467. The minimum absolute atomic E-state index is 0.0402. The highest BCUT2D eigenvalue weighted by Gasteiger charge is 2.34. The molecule has 0 N–H and O–H groups in total. The molecule has 0 spiro atoms. The van der Waals surface area contributed by atoms with Crippen LogP contribution in [-0.2, 0) is 21.7 Å². The van der Waals surface area contributed by atoms with Gasteiger partial charge in [0, 0.05) is 16.5 Å². The van der Waals surface area contributed by atoms with Crippen LogP contribution in [0, 0.1) is 0 Å². The Hall–Kier alpha value is -3.10. The molecule has 47 heavy (non-hydrogen) atoms. The summed E-state index contributed by atoms with van der Waals surface area (Å²) in [4.78, 5) is 0. The van der Waals surface area contributed by atoms with Crippen LogP contribution < -0.4 is 10.4 Å². The number of rotatable bonds is 4. The maximum atomic E-state index is 2.62. The van der Waals surface area contributed by atoms with Gasteiger partial charge in [0.05, 0.1) is 11.0 Å². The Morgan fingerprint density at radius 3 is 1.43 bits per heavy atom. The summed E-state index contributed by atoms with van der Waals surface area (Å²) in [5.41, 5.74) is 11.4. The van der Waals surface area contributed by atoms with Gasteiger partial charge < -0.3 is 4.57 Å². The van der Waals surface area contributed by atoms with Crippen LogP contribution in [0.15, 0.2) is 72.8 Å². The summed E-state index contributed by atoms with van der Waals surface area (Å²) >= 11 is 0. The van der Waals surface area contributed by atoms with Crippen molar-refractivity contribution in [2.75, 3.05) is 0 Å². The molecule has 0 aliphatic rings. The number of fused-ring (bicyclic) bond motifs is 3. The number of hydrogen-bond acceptors (Lipinski definition) is 0. The van der Waals surface area contributed by atoms with E-state index in [-0.39, 0.29) is 21.7 Å². The normalized spacial score (nSPS) is 13.7. The molecule has 0 radical (unpaired) electrons. The van der Waals surface area contributed by atoms with Gasteiger partial charge in [-0.15, -0.1) is 0 Å². The molecule has 0 saturated heterocycles. The van der Waals surface area contributed by atoms with Gasteiger partial charge in [0.15, 0.2) is 0 Å². The van der Waals surface area contributed by atoms with Gasteiger partial charge in [0.2, 0.25) is 0 Å². The summed E-state index contributed by atoms with van der Waals surface area (Å²) in [5, 5.41) is 5.77. The second-order valence-corrected chi connectivity index (χ2v) is 23.5. The van der Waals surface area contributed by atoms with Gasteiger partial charge in [0.1, 0.15) is 8.07 Å². The Kier molecular flexibility index (Phi) is 8.62. The maximum Gasteiger partial charge on any atom is 0.112 e. The number of hydrogen-bond donors (Lipinski definition) is 0. The quantitative estimate of drug-likeness (QED) is 0.172. The third-order valence-corrected chi connectivity index (χ3v) is 13.9. The Bertz CT molecular complexity index is 1890. The molecule has 5 aromatic rings. The van der Waals surface area contributed by atoms with E-state index in [4.69, 9.17) is 0 Å². The average Bonchev–Trinajstić information content (AvgIpc) is 3.28. The van der Waals surface area contributed by atoms with E-state index in [0.717, 1.165) is 0 Å². The van der Waals surface area contributed by atoms with Crippen molar-refractivity contribution < 1.29 is 0 Å². The van der Waals surface area contributed by atoms with Crippen molar-refractivity contribution in [2.24, 2.45) is 0 Å². The molecule has 0 unspecified atom stereocenters. The summed E-state index contributed by atoms with van der Waals surface area (Å²) in [5.74, 6) is 0.365. The van der Waals surface area contributed by atoms with E-state index in [1.165, 1.54) is 60.5 Å². The number of aromatic nitrogens is 1. The lowest BCUT2D eigenvalue weighted by Gasteiger charge is -2.33. The van der Waals surface area contributed by atoms with E-state index in [1.807, 2.05) is 0 Å². The van der Waals surface area contributed by atoms with Crippen LogP contribution in [0.4, 0.5) is 0 Å². The highest BCUT2D eigenvalue weighted by atomic mass is 28.3. The Morgan fingerprint density at radius 1 is 0.532 bits per heavy atom. The molecule has 0 bridgehead atoms. The third-order valence-electron chi connectivity index (χ3n) is 10.4. The topological polar surface area (TPSA) is 4.93 Å². The van der Waals surface area contributed by atoms with E-state index in [2.05, 4.69) is 187 Å². The Labute approximate surface area is 287 Å². The standard InChI is InChI=1S/C45H61NSi/c1-29(2)40-39(47(15,16)35-27-32(44(9,10)11)24-33(28-35)45(12,13)14)22-21-37-36-19-17-18-20-38(36)46(41(37)40)34-25-30(42(3,4)5)23-31(26-34)43(6,7)8/h17-29H,1-16H3. The highest BCUT2D eigenvalue weighted by molar-refractivity contribution is 7.00. The van der Waals surface area contributed by atoms with Gasteiger partial charge in [-0.3, -0.25) is 0 Å². The first-order chi connectivity index (χ1) is 21.4. The molecule has 0 fully saturated rings. The molecule has 0 saturated carbocycles. The van der Waals surface area contributed by atoms with Crippen molar-refractivity contribution >= 4 is 40.3 Å². The summed E-state index contributed by atoms with van der Waals surface area (Å²) in [7, 11) is -2.17. The first-order valence-corrected chi connectivity index (χ1v) is 20.8. The van der Waals surface area contributed by atoms with E-state index in [9.17, 15) is 0 Å². The minimum atomic E-state index is -2.17. The Morgan fingerprint density at radius 2 is 0.979 bits per heavy atom. The van der Waals surface area contributed by atoms with E-state index < -0.39 is 8.07 Å². The summed E-state index contributed by atoms with van der Waals surface area (Å²) < 4.78 is 2.62. The number of para-hydroxylation sites is 1. The minimum Gasteiger partial charge on any atom is -0.309 e. The molecule has 250 valence electrons. The predicted molar refractivity (Wildman–Crippen MR) is 213 cm³/mol. The van der Waals surface area contributed by atoms with Crippen molar-refractivity contribution in [3.05, 3.63) is 101 Å². The highest BCUT2D eigenvalue weighted by Crippen LogP contribution is 2.39. The second kappa shape index (κ2) is 11.5. The molecule has 4 aromatic carbocycles. The zero-order valence-corrected chi connectivity index (χ0v) is 33.5. The average molecular weight is 644 g/mol. The zero-order valence-electron chi connectivity index (χ0n) is 32.5. The first-order valence-electron chi connectivity index (χ1n) is 17.8. The lowest BCUT2D eigenvalue weighted by atomic mass is 9.80. The number of nitrogens with zero attached hydrogens (tertiary/aromatic N) is 1. The molecule has 5 rings (SSSR count). The second-order valence-electron chi connectivity index (χ2n) is 19.1. The molecule has 0 aliphatic heterocycles. The third kappa shape index (κ3) is 6.52. The Balaban J connectivity index is 1.93. The fourth-order valence-corrected chi connectivity index (χ4v) is 10.0. The zero-order chi connectivity index (χ0) is 35.1. The van der Waals surface area contributed by atoms with Crippen LogP contribution >= 0.6 is 0 Å². The van der Waals surface area contributed by atoms with Crippen molar-refractivity contribution in [1.29, 1.82) is 0 Å². The summed E-state index contributed by atoms with van der Waals surface area (Å²) in [6.07, 6.45) is 0. The van der Waals surface area contributed by atoms with E-state index >= 15 is 0 Å². The number of benzene rings is 4. The summed E-state index contributed by atoms with van der Waals surface area (Å²) in [6, 6.07) is 28.9. The monoisotopic (exact) mass is 643 g/mol. The van der Waals surface area contributed by atoms with Gasteiger partial charge in [0.25, 0.3) is 0 Å². The van der Waals surface area contributed by atoms with Crippen LogP contribution in [0.5, 0.6) is 0 Å². The van der Waals surface area contributed by atoms with Gasteiger partial charge in [-0.1, -0.05) is 170 Å². The molecular formula is C45H61NSi. The summed E-state index contributed by atoms with van der Waals surface area (Å²) in [6.45, 7) is 38.2. The van der Waals surface area contributed by atoms with Gasteiger partial charge in [-0.2, -0.15) is 0 Å². The lowest BCUT2D eigenvalue weighted by molar-refractivity contribution is 0.568. The molecule has 1 aromatic heterocycles. The maximum absolute atomic E-state index is 2.62. The van der Waals surface area contributed by atoms with Crippen LogP contribution in [-0.4, -0.2) is 12.6 Å². The van der Waals surface area contributed by atoms with E-state index in [0.29, 0.717) is 5.92 Å². The molecule has 1 nitrogen and oxygen atoms in total. The van der Waals surface area contributed by atoms with Crippen LogP contribution in [0.3, 0.4) is 0 Å². The molecule has 0 amide bonds. The van der Waals surface area contributed by atoms with Crippen LogP contribution in [0.1, 0.15) is 131 Å². The predicted octanol–water partition coefficient (Wildman–Crippen LogP) is 11.9. The van der Waals surface area contributed by atoms with E-state index in [1.54, 1.807) is 5.19 Å². The van der Waals surface area contributed by atoms with Crippen molar-refractivity contribution in [3.63, 3.8) is 0 Å². The van der Waals surface area contributed by atoms with Crippen molar-refractivity contribution in [3.8, 4) is 5.69 Å². The molecule has 0 atom stereocenters. The molecular weight excluding hydrogens is 583 g/mol. The van der Waals surface area contributed by atoms with Crippen LogP contribution in [0.2, 0.25) is 13.1 Å². The van der Waals surface area contributed by atoms with Crippen LogP contribution in [0.25, 0.3) is 27.5 Å². The smallest absolute Gasteiger partial charge is 0.112 e. The van der Waals surface area contributed by atoms with Gasteiger partial charge in [-0.25, -0.2) is 0 Å².